The number of carbonyl (C=O) groups excluding carboxylic acids is 1. The van der Waals surface area contributed by atoms with E-state index in [0.29, 0.717) is 18.4 Å². The van der Waals surface area contributed by atoms with Crippen LogP contribution in [0.5, 0.6) is 0 Å². The normalized spacial score (nSPS) is 22.6. The van der Waals surface area contributed by atoms with Crippen molar-refractivity contribution >= 4 is 17.5 Å². The van der Waals surface area contributed by atoms with Crippen LogP contribution in [-0.4, -0.2) is 43.0 Å². The summed E-state index contributed by atoms with van der Waals surface area (Å²) in [5.74, 6) is 0.926. The molecule has 4 nitrogen and oxygen atoms in total. The Kier molecular flexibility index (Phi) is 6.52. The Morgan fingerprint density at radius 3 is 2.62 bits per heavy atom. The second-order valence-corrected chi connectivity index (χ2v) is 7.58. The van der Waals surface area contributed by atoms with Gasteiger partial charge in [0.1, 0.15) is 0 Å². The number of piperidine rings is 1. The zero-order chi connectivity index (χ0) is 16.8. The van der Waals surface area contributed by atoms with E-state index in [1.807, 2.05) is 12.1 Å². The van der Waals surface area contributed by atoms with E-state index in [4.69, 9.17) is 11.6 Å². The van der Waals surface area contributed by atoms with E-state index in [0.717, 1.165) is 57.0 Å². The Balaban J connectivity index is 1.34. The summed E-state index contributed by atoms with van der Waals surface area (Å²) in [6.07, 6.45) is 5.01. The molecule has 2 N–H and O–H groups in total. The average molecular weight is 350 g/mol. The third-order valence-electron chi connectivity index (χ3n) is 5.21. The molecule has 2 fully saturated rings. The molecular weight excluding hydrogens is 322 g/mol. The van der Waals surface area contributed by atoms with Crippen LogP contribution in [0.3, 0.4) is 0 Å². The zero-order valence-electron chi connectivity index (χ0n) is 14.3. The average Bonchev–Trinajstić information content (AvgIpc) is 3.10. The third kappa shape index (κ3) is 5.47. The molecule has 1 unspecified atom stereocenters. The minimum atomic E-state index is 0.234. The first kappa shape index (κ1) is 17.7. The van der Waals surface area contributed by atoms with Crippen LogP contribution >= 0.6 is 11.6 Å². The molecule has 1 aromatic carbocycles. The van der Waals surface area contributed by atoms with Gasteiger partial charge in [0.2, 0.25) is 5.91 Å². The molecule has 5 heteroatoms. The molecule has 1 atom stereocenters. The van der Waals surface area contributed by atoms with Gasteiger partial charge in [-0.25, -0.2) is 0 Å². The highest BCUT2D eigenvalue weighted by Crippen LogP contribution is 2.17. The van der Waals surface area contributed by atoms with Gasteiger partial charge >= 0.3 is 0 Å². The molecule has 0 aliphatic carbocycles. The Morgan fingerprint density at radius 1 is 1.21 bits per heavy atom. The van der Waals surface area contributed by atoms with E-state index in [-0.39, 0.29) is 5.91 Å². The lowest BCUT2D eigenvalue weighted by Crippen LogP contribution is -2.44. The van der Waals surface area contributed by atoms with Crippen molar-refractivity contribution in [3.8, 4) is 0 Å². The number of hydrogen-bond acceptors (Lipinski definition) is 3. The molecule has 2 saturated heterocycles. The van der Waals surface area contributed by atoms with Crippen molar-refractivity contribution in [2.24, 2.45) is 5.92 Å². The Morgan fingerprint density at radius 2 is 1.96 bits per heavy atom. The van der Waals surface area contributed by atoms with E-state index in [9.17, 15) is 4.79 Å². The Labute approximate surface area is 149 Å². The van der Waals surface area contributed by atoms with Crippen LogP contribution in [0.15, 0.2) is 24.3 Å². The minimum Gasteiger partial charge on any atom is -0.353 e. The van der Waals surface area contributed by atoms with E-state index >= 15 is 0 Å². The first-order valence-corrected chi connectivity index (χ1v) is 9.54. The van der Waals surface area contributed by atoms with Crippen molar-refractivity contribution in [1.29, 1.82) is 0 Å². The number of likely N-dealkylation sites (tertiary alicyclic amines) is 1. The number of amides is 1. The predicted octanol–water partition coefficient (Wildman–Crippen LogP) is 2.81. The van der Waals surface area contributed by atoms with Crippen LogP contribution < -0.4 is 10.6 Å². The summed E-state index contributed by atoms with van der Waals surface area (Å²) in [4.78, 5) is 14.6. The number of nitrogens with zero attached hydrogens (tertiary/aromatic N) is 1. The van der Waals surface area contributed by atoms with Crippen LogP contribution in [0.1, 0.15) is 37.7 Å². The molecule has 1 amide bonds. The van der Waals surface area contributed by atoms with Gasteiger partial charge in [0.25, 0.3) is 0 Å². The maximum absolute atomic E-state index is 12.1. The summed E-state index contributed by atoms with van der Waals surface area (Å²) >= 11 is 5.93. The fourth-order valence-electron chi connectivity index (χ4n) is 3.68. The minimum absolute atomic E-state index is 0.234. The first-order valence-electron chi connectivity index (χ1n) is 9.16. The van der Waals surface area contributed by atoms with Crippen molar-refractivity contribution in [1.82, 2.24) is 15.5 Å². The maximum atomic E-state index is 12.1. The lowest BCUT2D eigenvalue weighted by molar-refractivity contribution is -0.122. The molecule has 0 bridgehead atoms. The van der Waals surface area contributed by atoms with Crippen molar-refractivity contribution in [2.45, 2.75) is 44.7 Å². The van der Waals surface area contributed by atoms with Gasteiger partial charge < -0.3 is 10.6 Å². The number of hydrogen-bond donors (Lipinski definition) is 2. The molecule has 2 heterocycles. The van der Waals surface area contributed by atoms with E-state index in [1.165, 1.54) is 12.0 Å². The maximum Gasteiger partial charge on any atom is 0.220 e. The van der Waals surface area contributed by atoms with E-state index < -0.39 is 0 Å². The highest BCUT2D eigenvalue weighted by atomic mass is 35.5. The molecule has 0 saturated carbocycles. The lowest BCUT2D eigenvalue weighted by Gasteiger charge is -2.32. The fourth-order valence-corrected chi connectivity index (χ4v) is 3.81. The lowest BCUT2D eigenvalue weighted by atomic mass is 10.0. The summed E-state index contributed by atoms with van der Waals surface area (Å²) in [5, 5.41) is 7.38. The zero-order valence-corrected chi connectivity index (χ0v) is 15.0. The summed E-state index contributed by atoms with van der Waals surface area (Å²) in [6.45, 7) is 5.24. The smallest absolute Gasteiger partial charge is 0.220 e. The van der Waals surface area contributed by atoms with Crippen LogP contribution in [0.4, 0.5) is 0 Å². The fraction of sp³-hybridized carbons (Fsp3) is 0.632. The van der Waals surface area contributed by atoms with Crippen LogP contribution in [0, 0.1) is 5.92 Å². The topological polar surface area (TPSA) is 44.4 Å². The Bertz CT molecular complexity index is 520. The highest BCUT2D eigenvalue weighted by Gasteiger charge is 2.21. The van der Waals surface area contributed by atoms with Gasteiger partial charge in [0, 0.05) is 37.1 Å². The van der Waals surface area contributed by atoms with E-state index in [1.54, 1.807) is 0 Å². The Hall–Kier alpha value is -1.10. The summed E-state index contributed by atoms with van der Waals surface area (Å²) in [6, 6.07) is 8.43. The largest absolute Gasteiger partial charge is 0.353 e. The van der Waals surface area contributed by atoms with Gasteiger partial charge in [-0.1, -0.05) is 23.7 Å². The van der Waals surface area contributed by atoms with E-state index in [2.05, 4.69) is 27.7 Å². The van der Waals surface area contributed by atoms with Crippen molar-refractivity contribution < 1.29 is 4.79 Å². The molecule has 132 valence electrons. The van der Waals surface area contributed by atoms with Gasteiger partial charge in [0.05, 0.1) is 0 Å². The molecule has 24 heavy (non-hydrogen) atoms. The molecule has 1 aromatic rings. The van der Waals surface area contributed by atoms with Gasteiger partial charge in [0.15, 0.2) is 0 Å². The summed E-state index contributed by atoms with van der Waals surface area (Å²) < 4.78 is 0. The first-order chi connectivity index (χ1) is 11.7. The number of carbonyl (C=O) groups is 1. The summed E-state index contributed by atoms with van der Waals surface area (Å²) in [7, 11) is 0. The standard InChI is InChI=1S/C19H28ClN3O/c20-17-4-1-16(2-5-17)14-23-11-8-18(9-12-23)22-19(24)6-3-15-7-10-21-13-15/h1-2,4-5,15,18,21H,3,6-14H2,(H,22,24). The van der Waals surface area contributed by atoms with Crippen molar-refractivity contribution in [2.75, 3.05) is 26.2 Å². The number of nitrogens with one attached hydrogen (secondary N) is 2. The number of halogens is 1. The second kappa shape index (κ2) is 8.84. The van der Waals surface area contributed by atoms with Crippen molar-refractivity contribution in [3.05, 3.63) is 34.9 Å². The molecule has 3 rings (SSSR count). The molecular formula is C19H28ClN3O. The molecule has 0 radical (unpaired) electrons. The highest BCUT2D eigenvalue weighted by molar-refractivity contribution is 6.30. The molecule has 0 aromatic heterocycles. The number of rotatable bonds is 6. The monoisotopic (exact) mass is 349 g/mol. The van der Waals surface area contributed by atoms with Crippen molar-refractivity contribution in [3.63, 3.8) is 0 Å². The van der Waals surface area contributed by atoms with Gasteiger partial charge in [-0.3, -0.25) is 9.69 Å². The van der Waals surface area contributed by atoms with Gasteiger partial charge in [-0.15, -0.1) is 0 Å². The van der Waals surface area contributed by atoms with Crippen LogP contribution in [-0.2, 0) is 11.3 Å². The SMILES string of the molecule is O=C(CCC1CCNC1)NC1CCN(Cc2ccc(Cl)cc2)CC1. The predicted molar refractivity (Wildman–Crippen MR) is 98.1 cm³/mol. The summed E-state index contributed by atoms with van der Waals surface area (Å²) in [5.41, 5.74) is 1.30. The quantitative estimate of drug-likeness (QED) is 0.830. The second-order valence-electron chi connectivity index (χ2n) is 7.14. The molecule has 0 spiro atoms. The van der Waals surface area contributed by atoms with Crippen LogP contribution in [0.25, 0.3) is 0 Å². The van der Waals surface area contributed by atoms with Gasteiger partial charge in [-0.05, 0) is 62.4 Å². The molecule has 2 aliphatic heterocycles. The molecule has 2 aliphatic rings. The van der Waals surface area contributed by atoms with Gasteiger partial charge in [-0.2, -0.15) is 0 Å². The third-order valence-corrected chi connectivity index (χ3v) is 5.47. The van der Waals surface area contributed by atoms with Crippen LogP contribution in [0.2, 0.25) is 5.02 Å². The number of benzene rings is 1.